The van der Waals surface area contributed by atoms with Gasteiger partial charge >= 0.3 is 0 Å². The lowest BCUT2D eigenvalue weighted by molar-refractivity contribution is 1.05. The summed E-state index contributed by atoms with van der Waals surface area (Å²) in [4.78, 5) is 0. The first kappa shape index (κ1) is 9.85. The average Bonchev–Trinajstić information content (AvgIpc) is 2.16. The number of benzene rings is 1. The SMILES string of the molecule is C=C(CC)CNc1ccccc1C. The van der Waals surface area contributed by atoms with Gasteiger partial charge in [0.25, 0.3) is 0 Å². The lowest BCUT2D eigenvalue weighted by Crippen LogP contribution is -2.04. The maximum absolute atomic E-state index is 3.96. The van der Waals surface area contributed by atoms with Crippen molar-refractivity contribution in [2.75, 3.05) is 11.9 Å². The minimum absolute atomic E-state index is 0.876. The van der Waals surface area contributed by atoms with Crippen molar-refractivity contribution < 1.29 is 0 Å². The normalized spacial score (nSPS) is 9.69. The maximum atomic E-state index is 3.96. The molecule has 0 atom stereocenters. The van der Waals surface area contributed by atoms with Gasteiger partial charge in [0.15, 0.2) is 0 Å². The molecule has 70 valence electrons. The summed E-state index contributed by atoms with van der Waals surface area (Å²) in [5, 5.41) is 3.36. The first-order valence-electron chi connectivity index (χ1n) is 4.70. The lowest BCUT2D eigenvalue weighted by Gasteiger charge is -2.09. The highest BCUT2D eigenvalue weighted by Crippen LogP contribution is 2.13. The van der Waals surface area contributed by atoms with Gasteiger partial charge in [-0.05, 0) is 25.0 Å². The second-order valence-corrected chi connectivity index (χ2v) is 3.27. The highest BCUT2D eigenvalue weighted by molar-refractivity contribution is 5.50. The van der Waals surface area contributed by atoms with E-state index in [2.05, 4.69) is 43.9 Å². The average molecular weight is 175 g/mol. The highest BCUT2D eigenvalue weighted by Gasteiger charge is 1.95. The van der Waals surface area contributed by atoms with Crippen molar-refractivity contribution in [2.45, 2.75) is 20.3 Å². The molecule has 0 aliphatic carbocycles. The molecule has 1 N–H and O–H groups in total. The molecule has 0 aliphatic rings. The van der Waals surface area contributed by atoms with Crippen LogP contribution in [0.5, 0.6) is 0 Å². The minimum atomic E-state index is 0.876. The predicted molar refractivity (Wildman–Crippen MR) is 59.1 cm³/mol. The number of hydrogen-bond donors (Lipinski definition) is 1. The van der Waals surface area contributed by atoms with Crippen LogP contribution < -0.4 is 5.32 Å². The summed E-state index contributed by atoms with van der Waals surface area (Å²) in [6, 6.07) is 8.30. The number of hydrogen-bond acceptors (Lipinski definition) is 1. The molecule has 1 aromatic rings. The van der Waals surface area contributed by atoms with Crippen LogP contribution in [0.25, 0.3) is 0 Å². The summed E-state index contributed by atoms with van der Waals surface area (Å²) in [5.74, 6) is 0. The Bertz CT molecular complexity index is 289. The summed E-state index contributed by atoms with van der Waals surface area (Å²) in [5.41, 5.74) is 3.73. The van der Waals surface area contributed by atoms with E-state index in [1.54, 1.807) is 0 Å². The van der Waals surface area contributed by atoms with Crippen LogP contribution in [0.2, 0.25) is 0 Å². The Morgan fingerprint density at radius 3 is 2.69 bits per heavy atom. The Morgan fingerprint density at radius 1 is 1.38 bits per heavy atom. The molecule has 0 fully saturated rings. The largest absolute Gasteiger partial charge is 0.381 e. The molecular weight excluding hydrogens is 158 g/mol. The minimum Gasteiger partial charge on any atom is -0.381 e. The van der Waals surface area contributed by atoms with Gasteiger partial charge in [0.1, 0.15) is 0 Å². The van der Waals surface area contributed by atoms with Crippen molar-refractivity contribution in [1.82, 2.24) is 0 Å². The molecule has 0 saturated heterocycles. The van der Waals surface area contributed by atoms with E-state index in [4.69, 9.17) is 0 Å². The van der Waals surface area contributed by atoms with Gasteiger partial charge in [-0.1, -0.05) is 37.3 Å². The van der Waals surface area contributed by atoms with E-state index >= 15 is 0 Å². The summed E-state index contributed by atoms with van der Waals surface area (Å²) < 4.78 is 0. The molecule has 1 nitrogen and oxygen atoms in total. The van der Waals surface area contributed by atoms with Gasteiger partial charge in [-0.15, -0.1) is 0 Å². The number of para-hydroxylation sites is 1. The molecule has 1 rings (SSSR count). The quantitative estimate of drug-likeness (QED) is 0.692. The first-order valence-corrected chi connectivity index (χ1v) is 4.70. The molecule has 1 heteroatoms. The topological polar surface area (TPSA) is 12.0 Å². The van der Waals surface area contributed by atoms with Crippen LogP contribution in [-0.4, -0.2) is 6.54 Å². The molecule has 0 aromatic heterocycles. The zero-order valence-electron chi connectivity index (χ0n) is 8.43. The second-order valence-electron chi connectivity index (χ2n) is 3.27. The fourth-order valence-corrected chi connectivity index (χ4v) is 1.12. The first-order chi connectivity index (χ1) is 6.24. The van der Waals surface area contributed by atoms with Gasteiger partial charge in [-0.3, -0.25) is 0 Å². The Morgan fingerprint density at radius 2 is 2.08 bits per heavy atom. The second kappa shape index (κ2) is 4.70. The van der Waals surface area contributed by atoms with Crippen molar-refractivity contribution >= 4 is 5.69 Å². The van der Waals surface area contributed by atoms with E-state index in [1.165, 1.54) is 16.8 Å². The molecule has 0 aliphatic heterocycles. The van der Waals surface area contributed by atoms with Crippen molar-refractivity contribution in [3.8, 4) is 0 Å². The third kappa shape index (κ3) is 2.94. The van der Waals surface area contributed by atoms with Crippen molar-refractivity contribution in [3.63, 3.8) is 0 Å². The Hall–Kier alpha value is -1.24. The highest BCUT2D eigenvalue weighted by atomic mass is 14.9. The zero-order chi connectivity index (χ0) is 9.68. The van der Waals surface area contributed by atoms with Crippen LogP contribution in [0, 0.1) is 6.92 Å². The summed E-state index contributed by atoms with van der Waals surface area (Å²) in [6.07, 6.45) is 1.04. The molecule has 0 saturated carbocycles. The van der Waals surface area contributed by atoms with Gasteiger partial charge in [-0.25, -0.2) is 0 Å². The van der Waals surface area contributed by atoms with Crippen LogP contribution in [0.3, 0.4) is 0 Å². The zero-order valence-corrected chi connectivity index (χ0v) is 8.43. The summed E-state index contributed by atoms with van der Waals surface area (Å²) in [7, 11) is 0. The summed E-state index contributed by atoms with van der Waals surface area (Å²) in [6.45, 7) is 9.07. The van der Waals surface area contributed by atoms with Gasteiger partial charge in [0, 0.05) is 12.2 Å². The third-order valence-electron chi connectivity index (χ3n) is 2.17. The van der Waals surface area contributed by atoms with Crippen molar-refractivity contribution in [1.29, 1.82) is 0 Å². The molecular formula is C12H17N. The Balaban J connectivity index is 2.54. The molecule has 0 radical (unpaired) electrons. The van der Waals surface area contributed by atoms with E-state index in [1.807, 2.05) is 6.07 Å². The fourth-order valence-electron chi connectivity index (χ4n) is 1.12. The maximum Gasteiger partial charge on any atom is 0.0372 e. The van der Waals surface area contributed by atoms with E-state index in [0.717, 1.165) is 13.0 Å². The van der Waals surface area contributed by atoms with E-state index in [-0.39, 0.29) is 0 Å². The standard InChI is InChI=1S/C12H17N/c1-4-10(2)9-13-12-8-6-5-7-11(12)3/h5-8,13H,2,4,9H2,1,3H3. The lowest BCUT2D eigenvalue weighted by atomic mass is 10.2. The van der Waals surface area contributed by atoms with Crippen LogP contribution >= 0.6 is 0 Å². The predicted octanol–water partition coefficient (Wildman–Crippen LogP) is 3.37. The molecule has 0 amide bonds. The van der Waals surface area contributed by atoms with E-state index in [0.29, 0.717) is 0 Å². The Labute approximate surface area is 80.5 Å². The molecule has 1 aromatic carbocycles. The number of anilines is 1. The van der Waals surface area contributed by atoms with E-state index < -0.39 is 0 Å². The number of nitrogens with one attached hydrogen (secondary N) is 1. The number of rotatable bonds is 4. The fraction of sp³-hybridized carbons (Fsp3) is 0.333. The molecule has 0 unspecified atom stereocenters. The summed E-state index contributed by atoms with van der Waals surface area (Å²) >= 11 is 0. The molecule has 0 spiro atoms. The molecule has 13 heavy (non-hydrogen) atoms. The monoisotopic (exact) mass is 175 g/mol. The van der Waals surface area contributed by atoms with Crippen LogP contribution in [0.15, 0.2) is 36.4 Å². The van der Waals surface area contributed by atoms with Gasteiger partial charge in [0.2, 0.25) is 0 Å². The van der Waals surface area contributed by atoms with Crippen molar-refractivity contribution in [2.24, 2.45) is 0 Å². The number of aryl methyl sites for hydroxylation is 1. The smallest absolute Gasteiger partial charge is 0.0372 e. The third-order valence-corrected chi connectivity index (χ3v) is 2.17. The van der Waals surface area contributed by atoms with Gasteiger partial charge in [0.05, 0.1) is 0 Å². The van der Waals surface area contributed by atoms with Crippen LogP contribution in [-0.2, 0) is 0 Å². The molecule has 0 bridgehead atoms. The van der Waals surface area contributed by atoms with E-state index in [9.17, 15) is 0 Å². The van der Waals surface area contributed by atoms with Gasteiger partial charge in [-0.2, -0.15) is 0 Å². The Kier molecular flexibility index (Phi) is 3.56. The molecule has 0 heterocycles. The van der Waals surface area contributed by atoms with Crippen molar-refractivity contribution in [3.05, 3.63) is 42.0 Å². The van der Waals surface area contributed by atoms with Crippen LogP contribution in [0.4, 0.5) is 5.69 Å². The van der Waals surface area contributed by atoms with Crippen LogP contribution in [0.1, 0.15) is 18.9 Å². The van der Waals surface area contributed by atoms with Gasteiger partial charge < -0.3 is 5.32 Å².